The van der Waals surface area contributed by atoms with E-state index < -0.39 is 0 Å². The predicted octanol–water partition coefficient (Wildman–Crippen LogP) is 10.9. The molecule has 0 bridgehead atoms. The summed E-state index contributed by atoms with van der Waals surface area (Å²) in [6, 6.07) is 20.0. The molecule has 2 nitrogen and oxygen atoms in total. The van der Waals surface area contributed by atoms with Gasteiger partial charge in [-0.15, -0.1) is 0 Å². The number of azo groups is 2. The minimum Gasteiger partial charge on any atom is -0.0906 e. The highest BCUT2D eigenvalue weighted by Crippen LogP contribution is 2.30. The number of hydrogen-bond donors (Lipinski definition) is 0. The molecule has 0 atom stereocenters. The molecule has 38 heavy (non-hydrogen) atoms. The van der Waals surface area contributed by atoms with E-state index in [0.29, 0.717) is 0 Å². The zero-order valence-electron chi connectivity index (χ0n) is 25.0. The molecule has 0 unspecified atom stereocenters. The van der Waals surface area contributed by atoms with Crippen LogP contribution in [-0.2, 0) is 12.8 Å². The standard InChI is InChI=1S/C36H49N2/c1-8-11-12-13-14-16-21-33-26-34(22-27(4)28(33)5)37-38(7)35(10-3)24-30-23-31(9-2)29(6)36(25-30)32-19-17-15-18-20-32/h15,17-20,22-26H,8-14,16,21H2,1-7H3/q+1. The maximum Gasteiger partial charge on any atom is 0.208 e. The zero-order valence-corrected chi connectivity index (χ0v) is 25.0. The van der Waals surface area contributed by atoms with E-state index in [1.165, 1.54) is 88.7 Å². The Kier molecular flexibility index (Phi) is 11.5. The van der Waals surface area contributed by atoms with Crippen molar-refractivity contribution in [1.29, 1.82) is 0 Å². The summed E-state index contributed by atoms with van der Waals surface area (Å²) in [6.07, 6.45) is 13.4. The topological polar surface area (TPSA) is 15.4 Å². The average Bonchev–Trinajstić information content (AvgIpc) is 2.92. The molecule has 0 saturated carbocycles. The first kappa shape index (κ1) is 29.6. The Balaban J connectivity index is 1.88. The van der Waals surface area contributed by atoms with Crippen molar-refractivity contribution in [2.45, 2.75) is 99.3 Å². The minimum absolute atomic E-state index is 0.922. The molecule has 0 saturated heterocycles. The smallest absolute Gasteiger partial charge is 0.0906 e. The van der Waals surface area contributed by atoms with E-state index in [1.54, 1.807) is 0 Å². The highest BCUT2D eigenvalue weighted by molar-refractivity contribution is 5.72. The summed E-state index contributed by atoms with van der Waals surface area (Å²) in [4.78, 5) is 0. The normalized spacial score (nSPS) is 12.3. The highest BCUT2D eigenvalue weighted by atomic mass is 15.3. The van der Waals surface area contributed by atoms with Crippen LogP contribution in [0, 0.1) is 20.8 Å². The molecule has 0 radical (unpaired) electrons. The number of benzene rings is 3. The quantitative estimate of drug-likeness (QED) is 0.124. The Morgan fingerprint density at radius 1 is 0.789 bits per heavy atom. The fourth-order valence-corrected chi connectivity index (χ4v) is 5.35. The van der Waals surface area contributed by atoms with Crippen LogP contribution in [0.5, 0.6) is 0 Å². The first-order valence-corrected chi connectivity index (χ1v) is 14.8. The maximum absolute atomic E-state index is 5.06. The van der Waals surface area contributed by atoms with Crippen LogP contribution < -0.4 is 0 Å². The Bertz CT molecular complexity index is 1250. The Labute approximate surface area is 232 Å². The Hall–Kier alpha value is -3.00. The van der Waals surface area contributed by atoms with Gasteiger partial charge in [-0.1, -0.05) is 94.0 Å². The summed E-state index contributed by atoms with van der Waals surface area (Å²) >= 11 is 0. The van der Waals surface area contributed by atoms with Gasteiger partial charge in [0, 0.05) is 12.5 Å². The molecule has 0 spiro atoms. The van der Waals surface area contributed by atoms with Gasteiger partial charge in [-0.05, 0) is 108 Å². The number of aryl methyl sites for hydroxylation is 3. The minimum atomic E-state index is 0.922. The van der Waals surface area contributed by atoms with Gasteiger partial charge in [-0.25, -0.2) is 0 Å². The summed E-state index contributed by atoms with van der Waals surface area (Å²) < 4.78 is 2.08. The van der Waals surface area contributed by atoms with Crippen molar-refractivity contribution in [2.24, 2.45) is 5.11 Å². The molecule has 0 aliphatic heterocycles. The second-order valence-corrected chi connectivity index (χ2v) is 10.7. The summed E-state index contributed by atoms with van der Waals surface area (Å²) in [6.45, 7) is 13.5. The zero-order chi connectivity index (χ0) is 27.5. The molecule has 0 aromatic heterocycles. The molecule has 3 aromatic rings. The maximum atomic E-state index is 5.06. The molecule has 0 amide bonds. The van der Waals surface area contributed by atoms with E-state index in [-0.39, 0.29) is 0 Å². The van der Waals surface area contributed by atoms with E-state index >= 15 is 0 Å². The van der Waals surface area contributed by atoms with Crippen LogP contribution in [-0.4, -0.2) is 11.7 Å². The van der Waals surface area contributed by atoms with Gasteiger partial charge in [0.05, 0.1) is 0 Å². The average molecular weight is 510 g/mol. The molecule has 202 valence electrons. The SMILES string of the molecule is CCCCCCCCc1cc(N=[N+](C)C(=Cc2cc(CC)c(C)c(-c3ccccc3)c2)CC)cc(C)c1C. The van der Waals surface area contributed by atoms with Crippen molar-refractivity contribution < 1.29 is 4.70 Å². The van der Waals surface area contributed by atoms with E-state index in [9.17, 15) is 0 Å². The van der Waals surface area contributed by atoms with E-state index in [0.717, 1.165) is 24.9 Å². The van der Waals surface area contributed by atoms with Gasteiger partial charge >= 0.3 is 0 Å². The first-order valence-electron chi connectivity index (χ1n) is 14.8. The number of hydrogen-bond acceptors (Lipinski definition) is 1. The van der Waals surface area contributed by atoms with Crippen molar-refractivity contribution in [3.8, 4) is 11.1 Å². The third-order valence-electron chi connectivity index (χ3n) is 7.94. The van der Waals surface area contributed by atoms with Gasteiger partial charge in [0.2, 0.25) is 5.70 Å². The van der Waals surface area contributed by atoms with Gasteiger partial charge in [-0.2, -0.15) is 0 Å². The predicted molar refractivity (Wildman–Crippen MR) is 166 cm³/mol. The largest absolute Gasteiger partial charge is 0.208 e. The Morgan fingerprint density at radius 3 is 2.18 bits per heavy atom. The number of allylic oxidation sites excluding steroid dienone is 1. The second-order valence-electron chi connectivity index (χ2n) is 10.7. The van der Waals surface area contributed by atoms with Crippen LogP contribution in [0.25, 0.3) is 17.2 Å². The lowest BCUT2D eigenvalue weighted by atomic mass is 9.92. The van der Waals surface area contributed by atoms with Crippen LogP contribution in [0.15, 0.2) is 65.4 Å². The lowest BCUT2D eigenvalue weighted by Crippen LogP contribution is -2.02. The number of nitrogens with zero attached hydrogens (tertiary/aromatic N) is 2. The lowest BCUT2D eigenvalue weighted by molar-refractivity contribution is -0.512. The third kappa shape index (κ3) is 8.00. The molecule has 2 heteroatoms. The monoisotopic (exact) mass is 509 g/mol. The van der Waals surface area contributed by atoms with Crippen molar-refractivity contribution in [3.63, 3.8) is 0 Å². The van der Waals surface area contributed by atoms with Gasteiger partial charge in [-0.3, -0.25) is 0 Å². The number of rotatable bonds is 13. The van der Waals surface area contributed by atoms with Crippen molar-refractivity contribution in [3.05, 3.63) is 93.7 Å². The van der Waals surface area contributed by atoms with E-state index in [1.807, 2.05) is 0 Å². The third-order valence-corrected chi connectivity index (χ3v) is 7.94. The van der Waals surface area contributed by atoms with Crippen LogP contribution in [0.4, 0.5) is 5.69 Å². The van der Waals surface area contributed by atoms with Crippen molar-refractivity contribution in [1.82, 2.24) is 0 Å². The van der Waals surface area contributed by atoms with E-state index in [2.05, 4.69) is 114 Å². The van der Waals surface area contributed by atoms with Gasteiger partial charge < -0.3 is 0 Å². The molecule has 0 N–H and O–H groups in total. The van der Waals surface area contributed by atoms with Crippen molar-refractivity contribution >= 4 is 11.8 Å². The first-order chi connectivity index (χ1) is 18.4. The van der Waals surface area contributed by atoms with Gasteiger partial charge in [0.25, 0.3) is 0 Å². The molecule has 3 rings (SSSR count). The fourth-order valence-electron chi connectivity index (χ4n) is 5.35. The summed E-state index contributed by atoms with van der Waals surface area (Å²) in [7, 11) is 2.09. The second kappa shape index (κ2) is 14.8. The molecule has 0 fully saturated rings. The van der Waals surface area contributed by atoms with Crippen molar-refractivity contribution in [2.75, 3.05) is 7.05 Å². The number of unbranched alkanes of at least 4 members (excludes halogenated alkanes) is 5. The van der Waals surface area contributed by atoms with Crippen LogP contribution in [0.1, 0.15) is 99.1 Å². The lowest BCUT2D eigenvalue weighted by Gasteiger charge is -2.13. The molecule has 3 aromatic carbocycles. The van der Waals surface area contributed by atoms with E-state index in [4.69, 9.17) is 5.11 Å². The molecular weight excluding hydrogens is 460 g/mol. The molecule has 0 aliphatic rings. The Morgan fingerprint density at radius 2 is 1.50 bits per heavy atom. The van der Waals surface area contributed by atoms with Gasteiger partial charge in [0.15, 0.2) is 7.05 Å². The van der Waals surface area contributed by atoms with Crippen LogP contribution >= 0.6 is 0 Å². The molecular formula is C36H49N2+. The highest BCUT2D eigenvalue weighted by Gasteiger charge is 2.13. The van der Waals surface area contributed by atoms with Gasteiger partial charge in [0.1, 0.15) is 5.69 Å². The summed E-state index contributed by atoms with van der Waals surface area (Å²) in [5.74, 6) is 0. The van der Waals surface area contributed by atoms with Crippen LogP contribution in [0.2, 0.25) is 0 Å². The molecule has 0 heterocycles. The summed E-state index contributed by atoms with van der Waals surface area (Å²) in [5, 5.41) is 5.06. The van der Waals surface area contributed by atoms with Crippen LogP contribution in [0.3, 0.4) is 0 Å². The molecule has 0 aliphatic carbocycles. The summed E-state index contributed by atoms with van der Waals surface area (Å²) in [5.41, 5.74) is 13.1. The fraction of sp³-hybridized carbons (Fsp3) is 0.444.